The van der Waals surface area contributed by atoms with Crippen LogP contribution >= 0.6 is 0 Å². The predicted octanol–water partition coefficient (Wildman–Crippen LogP) is 0.387. The summed E-state index contributed by atoms with van der Waals surface area (Å²) in [5.74, 6) is -3.72. The fourth-order valence-corrected chi connectivity index (χ4v) is 1.81. The third kappa shape index (κ3) is 3.95. The van der Waals surface area contributed by atoms with Gasteiger partial charge in [0.1, 0.15) is 0 Å². The molecule has 114 valence electrons. The number of benzene rings is 1. The topological polar surface area (TPSA) is 110 Å². The normalized spacial score (nSPS) is 11.6. The van der Waals surface area contributed by atoms with Crippen molar-refractivity contribution < 1.29 is 24.2 Å². The van der Waals surface area contributed by atoms with Crippen molar-refractivity contribution in [2.45, 2.75) is 6.42 Å². The number of aliphatic carboxylic acids is 1. The van der Waals surface area contributed by atoms with Crippen molar-refractivity contribution >= 4 is 23.5 Å². The number of hydrogen-bond acceptors (Lipinski definition) is 5. The molecular weight excluding hydrogens is 276 g/mol. The summed E-state index contributed by atoms with van der Waals surface area (Å²) in [6.45, 7) is 0. The Hall–Kier alpha value is -2.57. The number of carboxylic acid groups (broad SMARTS) is 1. The van der Waals surface area contributed by atoms with Crippen molar-refractivity contribution in [3.8, 4) is 0 Å². The van der Waals surface area contributed by atoms with Gasteiger partial charge >= 0.3 is 11.9 Å². The summed E-state index contributed by atoms with van der Waals surface area (Å²) < 4.78 is 4.47. The Morgan fingerprint density at radius 3 is 2.43 bits per heavy atom. The van der Waals surface area contributed by atoms with Gasteiger partial charge in [0.2, 0.25) is 0 Å². The molecule has 0 aromatic heterocycles. The first-order valence-electron chi connectivity index (χ1n) is 6.18. The van der Waals surface area contributed by atoms with Crippen LogP contribution in [0.25, 0.3) is 0 Å². The summed E-state index contributed by atoms with van der Waals surface area (Å²) in [5.41, 5.74) is 6.83. The lowest BCUT2D eigenvalue weighted by atomic mass is 9.97. The monoisotopic (exact) mass is 294 g/mol. The van der Waals surface area contributed by atoms with Gasteiger partial charge in [0.15, 0.2) is 5.92 Å². The van der Waals surface area contributed by atoms with Gasteiger partial charge in [-0.2, -0.15) is 0 Å². The molecule has 7 nitrogen and oxygen atoms in total. The molecule has 7 heteroatoms. The van der Waals surface area contributed by atoms with E-state index < -0.39 is 17.9 Å². The SMILES string of the molecule is COC(=O)C(Cc1ccc(N)c(C(=O)N(C)C)c1)C(=O)O. The van der Waals surface area contributed by atoms with Crippen molar-refractivity contribution in [1.29, 1.82) is 0 Å². The van der Waals surface area contributed by atoms with Crippen LogP contribution < -0.4 is 5.73 Å². The first-order chi connectivity index (χ1) is 9.77. The predicted molar refractivity (Wildman–Crippen MR) is 75.7 cm³/mol. The molecule has 1 aromatic carbocycles. The number of methoxy groups -OCH3 is 1. The largest absolute Gasteiger partial charge is 0.481 e. The lowest BCUT2D eigenvalue weighted by molar-refractivity contribution is -0.156. The molecule has 0 aliphatic rings. The van der Waals surface area contributed by atoms with E-state index in [1.54, 1.807) is 20.2 Å². The van der Waals surface area contributed by atoms with Gasteiger partial charge in [-0.15, -0.1) is 0 Å². The minimum Gasteiger partial charge on any atom is -0.481 e. The van der Waals surface area contributed by atoms with E-state index in [-0.39, 0.29) is 17.9 Å². The molecule has 1 aromatic rings. The number of carboxylic acids is 1. The van der Waals surface area contributed by atoms with Gasteiger partial charge < -0.3 is 20.5 Å². The van der Waals surface area contributed by atoms with E-state index in [0.29, 0.717) is 11.3 Å². The van der Waals surface area contributed by atoms with Crippen molar-refractivity contribution in [2.75, 3.05) is 26.9 Å². The second-order valence-electron chi connectivity index (χ2n) is 4.74. The van der Waals surface area contributed by atoms with Gasteiger partial charge in [0.05, 0.1) is 12.7 Å². The second-order valence-corrected chi connectivity index (χ2v) is 4.74. The van der Waals surface area contributed by atoms with E-state index in [2.05, 4.69) is 4.74 Å². The van der Waals surface area contributed by atoms with Gasteiger partial charge in [0.25, 0.3) is 5.91 Å². The lowest BCUT2D eigenvalue weighted by Crippen LogP contribution is -2.27. The quantitative estimate of drug-likeness (QED) is 0.462. The first kappa shape index (κ1) is 16.5. The molecule has 0 spiro atoms. The fourth-order valence-electron chi connectivity index (χ4n) is 1.81. The van der Waals surface area contributed by atoms with Crippen LogP contribution in [0.1, 0.15) is 15.9 Å². The molecule has 0 heterocycles. The number of ether oxygens (including phenoxy) is 1. The standard InChI is InChI=1S/C14H18N2O5/c1-16(2)12(17)9-6-8(4-5-11(9)15)7-10(13(18)19)14(20)21-3/h4-6,10H,7,15H2,1-3H3,(H,18,19). The van der Waals surface area contributed by atoms with Crippen LogP contribution in [-0.2, 0) is 20.7 Å². The summed E-state index contributed by atoms with van der Waals surface area (Å²) >= 11 is 0. The van der Waals surface area contributed by atoms with Crippen molar-refractivity contribution in [1.82, 2.24) is 4.90 Å². The third-order valence-corrected chi connectivity index (χ3v) is 2.98. The summed E-state index contributed by atoms with van der Waals surface area (Å²) in [6.07, 6.45) is -0.0734. The van der Waals surface area contributed by atoms with E-state index in [0.717, 1.165) is 7.11 Å². The minimum absolute atomic E-state index is 0.0734. The molecule has 0 radical (unpaired) electrons. The average molecular weight is 294 g/mol. The summed E-state index contributed by atoms with van der Waals surface area (Å²) in [7, 11) is 4.30. The van der Waals surface area contributed by atoms with E-state index in [4.69, 9.17) is 10.8 Å². The Morgan fingerprint density at radius 1 is 1.33 bits per heavy atom. The molecule has 1 rings (SSSR count). The highest BCUT2D eigenvalue weighted by Gasteiger charge is 2.28. The fraction of sp³-hybridized carbons (Fsp3) is 0.357. The summed E-state index contributed by atoms with van der Waals surface area (Å²) in [6, 6.07) is 4.60. The number of nitrogens with two attached hydrogens (primary N) is 1. The van der Waals surface area contributed by atoms with Crippen molar-refractivity contribution in [3.05, 3.63) is 29.3 Å². The molecule has 1 amide bonds. The molecule has 1 atom stereocenters. The van der Waals surface area contributed by atoms with Crippen molar-refractivity contribution in [3.63, 3.8) is 0 Å². The molecule has 3 N–H and O–H groups in total. The van der Waals surface area contributed by atoms with E-state index >= 15 is 0 Å². The highest BCUT2D eigenvalue weighted by Crippen LogP contribution is 2.19. The number of esters is 1. The van der Waals surface area contributed by atoms with E-state index in [1.165, 1.54) is 17.0 Å². The smallest absolute Gasteiger partial charge is 0.320 e. The zero-order chi connectivity index (χ0) is 16.2. The Balaban J connectivity index is 3.09. The van der Waals surface area contributed by atoms with Gasteiger partial charge in [-0.3, -0.25) is 14.4 Å². The zero-order valence-electron chi connectivity index (χ0n) is 12.1. The zero-order valence-corrected chi connectivity index (χ0v) is 12.1. The Bertz CT molecular complexity index is 568. The highest BCUT2D eigenvalue weighted by molar-refractivity contribution is 5.99. The second kappa shape index (κ2) is 6.74. The van der Waals surface area contributed by atoms with Gasteiger partial charge in [-0.25, -0.2) is 0 Å². The number of carbonyl (C=O) groups excluding carboxylic acids is 2. The van der Waals surface area contributed by atoms with Crippen LogP contribution in [0.2, 0.25) is 0 Å². The van der Waals surface area contributed by atoms with E-state index in [1.807, 2.05) is 0 Å². The maximum Gasteiger partial charge on any atom is 0.320 e. The number of anilines is 1. The third-order valence-electron chi connectivity index (χ3n) is 2.98. The number of hydrogen-bond donors (Lipinski definition) is 2. The minimum atomic E-state index is -1.32. The van der Waals surface area contributed by atoms with E-state index in [9.17, 15) is 14.4 Å². The Kier molecular flexibility index (Phi) is 5.29. The van der Waals surface area contributed by atoms with Crippen molar-refractivity contribution in [2.24, 2.45) is 5.92 Å². The molecule has 0 aliphatic heterocycles. The molecule has 0 saturated carbocycles. The Labute approximate surface area is 122 Å². The maximum absolute atomic E-state index is 12.0. The highest BCUT2D eigenvalue weighted by atomic mass is 16.5. The summed E-state index contributed by atoms with van der Waals surface area (Å²) in [5, 5.41) is 9.06. The van der Waals surface area contributed by atoms with Crippen LogP contribution in [0.15, 0.2) is 18.2 Å². The van der Waals surface area contributed by atoms with Crippen LogP contribution in [0.4, 0.5) is 5.69 Å². The average Bonchev–Trinajstić information content (AvgIpc) is 2.44. The van der Waals surface area contributed by atoms with Crippen LogP contribution in [0.3, 0.4) is 0 Å². The van der Waals surface area contributed by atoms with Gasteiger partial charge in [-0.1, -0.05) is 6.07 Å². The molecule has 0 aliphatic carbocycles. The van der Waals surface area contributed by atoms with Crippen LogP contribution in [0.5, 0.6) is 0 Å². The molecule has 0 saturated heterocycles. The molecular formula is C14H18N2O5. The summed E-state index contributed by atoms with van der Waals surface area (Å²) in [4.78, 5) is 35.9. The van der Waals surface area contributed by atoms with Crippen LogP contribution in [0, 0.1) is 5.92 Å². The lowest BCUT2D eigenvalue weighted by Gasteiger charge is -2.15. The number of nitrogen functional groups attached to an aromatic ring is 1. The number of nitrogens with zero attached hydrogens (tertiary/aromatic N) is 1. The van der Waals surface area contributed by atoms with Gasteiger partial charge in [0, 0.05) is 19.8 Å². The number of carbonyl (C=O) groups is 3. The van der Waals surface area contributed by atoms with Crippen LogP contribution in [-0.4, -0.2) is 49.1 Å². The number of amides is 1. The molecule has 1 unspecified atom stereocenters. The first-order valence-corrected chi connectivity index (χ1v) is 6.18. The maximum atomic E-state index is 12.0. The molecule has 0 bridgehead atoms. The molecule has 0 fully saturated rings. The van der Waals surface area contributed by atoms with Gasteiger partial charge in [-0.05, 0) is 24.1 Å². The Morgan fingerprint density at radius 2 is 1.95 bits per heavy atom. The number of rotatable bonds is 5. The molecule has 21 heavy (non-hydrogen) atoms.